The minimum absolute atomic E-state index is 0.364. The van der Waals surface area contributed by atoms with Crippen molar-refractivity contribution in [3.05, 3.63) is 0 Å². The van der Waals surface area contributed by atoms with Crippen molar-refractivity contribution in [1.82, 2.24) is 0 Å². The molecule has 0 spiro atoms. The van der Waals surface area contributed by atoms with Crippen LogP contribution in [-0.4, -0.2) is 33.0 Å². The van der Waals surface area contributed by atoms with Crippen LogP contribution in [0.15, 0.2) is 0 Å². The maximum atomic E-state index is 11.9. The summed E-state index contributed by atoms with van der Waals surface area (Å²) in [6.45, 7) is 1.70. The summed E-state index contributed by atoms with van der Waals surface area (Å²) in [6, 6.07) is 0. The topological polar surface area (TPSA) is 61.8 Å². The Morgan fingerprint density at radius 1 is 1.36 bits per heavy atom. The first-order valence-corrected chi connectivity index (χ1v) is 5.85. The third-order valence-corrected chi connectivity index (χ3v) is 5.27. The zero-order valence-corrected chi connectivity index (χ0v) is 9.67. The van der Waals surface area contributed by atoms with E-state index >= 15 is 0 Å². The normalized spacial score (nSPS) is 31.3. The molecule has 1 rings (SSSR count). The number of carbonyl (C=O) groups is 1. The van der Waals surface area contributed by atoms with Crippen LogP contribution in [0.25, 0.3) is 0 Å². The average molecular weight is 222 g/mol. The van der Waals surface area contributed by atoms with Gasteiger partial charge in [-0.25, -0.2) is 0 Å². The third kappa shape index (κ3) is 1.60. The van der Waals surface area contributed by atoms with Gasteiger partial charge in [0.05, 0.1) is 18.2 Å². The highest BCUT2D eigenvalue weighted by Crippen LogP contribution is 2.70. The Kier molecular flexibility index (Phi) is 3.04. The Morgan fingerprint density at radius 2 is 1.86 bits per heavy atom. The zero-order chi connectivity index (χ0) is 11.0. The van der Waals surface area contributed by atoms with Gasteiger partial charge in [-0.3, -0.25) is 9.36 Å². The minimum atomic E-state index is -3.13. The van der Waals surface area contributed by atoms with Gasteiger partial charge in [0.1, 0.15) is 0 Å². The highest BCUT2D eigenvalue weighted by atomic mass is 31.2. The smallest absolute Gasteiger partial charge is 0.334 e. The van der Waals surface area contributed by atoms with Crippen molar-refractivity contribution in [2.75, 3.05) is 21.3 Å². The second-order valence-electron chi connectivity index (χ2n) is 3.53. The van der Waals surface area contributed by atoms with E-state index in [0.29, 0.717) is 6.42 Å². The quantitative estimate of drug-likeness (QED) is 0.531. The Bertz CT molecular complexity index is 281. The van der Waals surface area contributed by atoms with Crippen LogP contribution in [0, 0.1) is 5.41 Å². The van der Waals surface area contributed by atoms with Gasteiger partial charge in [0, 0.05) is 14.2 Å². The maximum Gasteiger partial charge on any atom is 0.334 e. The van der Waals surface area contributed by atoms with Crippen molar-refractivity contribution >= 4 is 13.6 Å². The van der Waals surface area contributed by atoms with Gasteiger partial charge >= 0.3 is 13.6 Å². The predicted octanol–water partition coefficient (Wildman–Crippen LogP) is 1.42. The van der Waals surface area contributed by atoms with Gasteiger partial charge in [0.2, 0.25) is 0 Å². The molecule has 1 fully saturated rings. The Labute approximate surface area is 83.3 Å². The minimum Gasteiger partial charge on any atom is -0.469 e. The van der Waals surface area contributed by atoms with Gasteiger partial charge in [-0.2, -0.15) is 0 Å². The van der Waals surface area contributed by atoms with Crippen molar-refractivity contribution in [3.8, 4) is 0 Å². The van der Waals surface area contributed by atoms with Gasteiger partial charge < -0.3 is 13.8 Å². The number of methoxy groups -OCH3 is 1. The molecule has 0 N–H and O–H groups in total. The van der Waals surface area contributed by atoms with E-state index in [4.69, 9.17) is 9.05 Å². The lowest BCUT2D eigenvalue weighted by molar-refractivity contribution is -0.146. The molecule has 0 aromatic carbocycles. The van der Waals surface area contributed by atoms with Crippen molar-refractivity contribution in [2.24, 2.45) is 5.41 Å². The first-order valence-electron chi connectivity index (χ1n) is 4.24. The molecule has 0 saturated heterocycles. The molecule has 0 radical (unpaired) electrons. The summed E-state index contributed by atoms with van der Waals surface area (Å²) in [5.74, 6) is -0.364. The van der Waals surface area contributed by atoms with Gasteiger partial charge in [-0.15, -0.1) is 0 Å². The second-order valence-corrected chi connectivity index (χ2v) is 5.97. The molecule has 6 heteroatoms. The van der Waals surface area contributed by atoms with Crippen LogP contribution in [-0.2, 0) is 23.1 Å². The lowest BCUT2D eigenvalue weighted by Crippen LogP contribution is -2.18. The molecule has 0 bridgehead atoms. The molecule has 82 valence electrons. The predicted molar refractivity (Wildman–Crippen MR) is 50.2 cm³/mol. The van der Waals surface area contributed by atoms with E-state index in [0.717, 1.165) is 0 Å². The third-order valence-electron chi connectivity index (χ3n) is 2.74. The Morgan fingerprint density at radius 3 is 2.21 bits per heavy atom. The number of esters is 1. The summed E-state index contributed by atoms with van der Waals surface area (Å²) in [4.78, 5) is 11.3. The molecule has 0 amide bonds. The molecule has 0 aromatic rings. The Balaban J connectivity index is 2.78. The standard InChI is InChI=1S/C8H15O5P/c1-8(7(9)11-2)5-6(8)14(10,12-3)13-4/h6H,5H2,1-4H3. The lowest BCUT2D eigenvalue weighted by Gasteiger charge is -2.15. The second kappa shape index (κ2) is 3.65. The van der Waals surface area contributed by atoms with E-state index < -0.39 is 13.0 Å². The summed E-state index contributed by atoms with van der Waals surface area (Å²) < 4.78 is 26.2. The highest BCUT2D eigenvalue weighted by Gasteiger charge is 2.66. The first-order chi connectivity index (χ1) is 6.44. The largest absolute Gasteiger partial charge is 0.469 e. The molecule has 0 heterocycles. The molecule has 5 nitrogen and oxygen atoms in total. The van der Waals surface area contributed by atoms with E-state index in [-0.39, 0.29) is 11.6 Å². The van der Waals surface area contributed by atoms with Crippen LogP contribution in [0.4, 0.5) is 0 Å². The molecule has 2 atom stereocenters. The van der Waals surface area contributed by atoms with Crippen LogP contribution in [0.3, 0.4) is 0 Å². The van der Waals surface area contributed by atoms with Crippen molar-refractivity contribution in [1.29, 1.82) is 0 Å². The Hall–Kier alpha value is -0.380. The number of carbonyl (C=O) groups excluding carboxylic acids is 1. The zero-order valence-electron chi connectivity index (χ0n) is 8.77. The van der Waals surface area contributed by atoms with E-state index in [9.17, 15) is 9.36 Å². The van der Waals surface area contributed by atoms with Crippen molar-refractivity contribution in [3.63, 3.8) is 0 Å². The lowest BCUT2D eigenvalue weighted by atomic mass is 10.1. The van der Waals surface area contributed by atoms with E-state index in [1.54, 1.807) is 6.92 Å². The van der Waals surface area contributed by atoms with E-state index in [1.807, 2.05) is 0 Å². The molecule has 0 aromatic heterocycles. The first kappa shape index (κ1) is 11.7. The number of hydrogen-bond donors (Lipinski definition) is 0. The van der Waals surface area contributed by atoms with Crippen molar-refractivity contribution in [2.45, 2.75) is 19.0 Å². The van der Waals surface area contributed by atoms with Crippen molar-refractivity contribution < 1.29 is 23.1 Å². The van der Waals surface area contributed by atoms with Gasteiger partial charge in [-0.05, 0) is 13.3 Å². The summed E-state index contributed by atoms with van der Waals surface area (Å²) in [7, 11) is 0.821. The SMILES string of the molecule is COC(=O)C1(C)CC1P(=O)(OC)OC. The molecule has 14 heavy (non-hydrogen) atoms. The molecule has 1 aliphatic rings. The van der Waals surface area contributed by atoms with Crippen LogP contribution >= 0.6 is 7.60 Å². The summed E-state index contributed by atoms with van der Waals surface area (Å²) in [5, 5.41) is 0. The van der Waals surface area contributed by atoms with Gasteiger partial charge in [-0.1, -0.05) is 0 Å². The highest BCUT2D eigenvalue weighted by molar-refractivity contribution is 7.55. The number of rotatable bonds is 4. The molecule has 1 saturated carbocycles. The number of ether oxygens (including phenoxy) is 1. The van der Waals surface area contributed by atoms with E-state index in [2.05, 4.69) is 4.74 Å². The average Bonchev–Trinajstić information content (AvgIpc) is 2.90. The summed E-state index contributed by atoms with van der Waals surface area (Å²) in [6.07, 6.45) is 0.485. The van der Waals surface area contributed by atoms with Crippen LogP contribution in [0.5, 0.6) is 0 Å². The summed E-state index contributed by atoms with van der Waals surface area (Å²) in [5.41, 5.74) is -1.09. The molecule has 0 aliphatic heterocycles. The van der Waals surface area contributed by atoms with Gasteiger partial charge in [0.15, 0.2) is 0 Å². The van der Waals surface area contributed by atoms with Gasteiger partial charge in [0.25, 0.3) is 0 Å². The number of hydrogen-bond acceptors (Lipinski definition) is 5. The molecule has 1 aliphatic carbocycles. The van der Waals surface area contributed by atoms with E-state index in [1.165, 1.54) is 21.3 Å². The maximum absolute atomic E-state index is 11.9. The fraction of sp³-hybridized carbons (Fsp3) is 0.875. The fourth-order valence-electron chi connectivity index (χ4n) is 1.59. The monoisotopic (exact) mass is 222 g/mol. The summed E-state index contributed by atoms with van der Waals surface area (Å²) >= 11 is 0. The van der Waals surface area contributed by atoms with Crippen LogP contribution in [0.1, 0.15) is 13.3 Å². The van der Waals surface area contributed by atoms with Crippen LogP contribution < -0.4 is 0 Å². The molecular weight excluding hydrogens is 207 g/mol. The fourth-order valence-corrected chi connectivity index (χ4v) is 3.65. The molecule has 2 unspecified atom stereocenters. The molecular formula is C8H15O5P. The van der Waals surface area contributed by atoms with Crippen LogP contribution in [0.2, 0.25) is 0 Å².